The predicted molar refractivity (Wildman–Crippen MR) is 101 cm³/mol. The molecular weight excluding hydrogens is 415 g/mol. The molecule has 0 heterocycles. The van der Waals surface area contributed by atoms with Gasteiger partial charge in [0.1, 0.15) is 9.52 Å². The van der Waals surface area contributed by atoms with E-state index in [1.165, 1.54) is 0 Å². The fourth-order valence-corrected chi connectivity index (χ4v) is 4.07. The zero-order valence-electron chi connectivity index (χ0n) is 13.2. The largest absolute Gasteiger partial charge is 0.539 e. The van der Waals surface area contributed by atoms with Gasteiger partial charge in [-0.05, 0) is 65.4 Å². The summed E-state index contributed by atoms with van der Waals surface area (Å²) in [5.74, 6) is 1.07. The molecule has 0 amide bonds. The van der Waals surface area contributed by atoms with E-state index < -0.39 is 9.04 Å². The van der Waals surface area contributed by atoms with Crippen LogP contribution in [0.1, 0.15) is 20.8 Å². The lowest BCUT2D eigenvalue weighted by Crippen LogP contribution is -2.25. The number of ether oxygens (including phenoxy) is 1. The molecule has 1 unspecified atom stereocenters. The summed E-state index contributed by atoms with van der Waals surface area (Å²) in [6, 6.07) is 7.51. The van der Waals surface area contributed by atoms with Gasteiger partial charge in [0.05, 0.1) is 6.61 Å². The van der Waals surface area contributed by atoms with Gasteiger partial charge in [-0.15, -0.1) is 0 Å². The first-order valence-corrected chi connectivity index (χ1v) is 10.8. The van der Waals surface area contributed by atoms with Gasteiger partial charge in [0.15, 0.2) is 0 Å². The average Bonchev–Trinajstić information content (AvgIpc) is 2.32. The quantitative estimate of drug-likeness (QED) is 0.312. The minimum Gasteiger partial charge on any atom is -0.539 e. The molecule has 0 saturated heterocycles. The summed E-state index contributed by atoms with van der Waals surface area (Å²) in [4.78, 5) is 0. The maximum Gasteiger partial charge on any atom is 0.274 e. The van der Waals surface area contributed by atoms with Crippen LogP contribution in [0.5, 0.6) is 5.75 Å². The molecule has 1 atom stereocenters. The molecule has 117 valence electrons. The van der Waals surface area contributed by atoms with Gasteiger partial charge < -0.3 is 9.16 Å². The highest BCUT2D eigenvalue weighted by Crippen LogP contribution is 2.30. The molecule has 1 rings (SSSR count). The van der Waals surface area contributed by atoms with Crippen LogP contribution < -0.4 is 4.74 Å². The highest BCUT2D eigenvalue weighted by molar-refractivity contribution is 14.1. The van der Waals surface area contributed by atoms with E-state index in [9.17, 15) is 0 Å². The van der Waals surface area contributed by atoms with E-state index in [4.69, 9.17) is 20.8 Å². The van der Waals surface area contributed by atoms with E-state index in [2.05, 4.69) is 62.5 Å². The molecule has 0 saturated carbocycles. The summed E-state index contributed by atoms with van der Waals surface area (Å²) >= 11 is 8.24. The average molecular weight is 438 g/mol. The van der Waals surface area contributed by atoms with Gasteiger partial charge in [-0.2, -0.15) is 0 Å². The third kappa shape index (κ3) is 7.56. The van der Waals surface area contributed by atoms with Crippen molar-refractivity contribution in [2.24, 2.45) is 11.3 Å². The number of hydrogen-bond donors (Lipinski definition) is 0. The molecule has 1 radical (unpaired) electrons. The number of halogens is 2. The van der Waals surface area contributed by atoms with E-state index in [0.717, 1.165) is 9.52 Å². The van der Waals surface area contributed by atoms with Crippen LogP contribution in [0.15, 0.2) is 34.1 Å². The Kier molecular flexibility index (Phi) is 7.57. The molecule has 5 heteroatoms. The summed E-state index contributed by atoms with van der Waals surface area (Å²) in [5, 5.41) is 0.692. The van der Waals surface area contributed by atoms with Gasteiger partial charge in [-0.25, -0.2) is 0 Å². The molecule has 21 heavy (non-hydrogen) atoms. The van der Waals surface area contributed by atoms with Crippen molar-refractivity contribution >= 4 is 43.2 Å². The van der Waals surface area contributed by atoms with Crippen LogP contribution in [-0.2, 0) is 4.43 Å². The van der Waals surface area contributed by atoms with Crippen molar-refractivity contribution in [3.8, 4) is 5.75 Å². The maximum atomic E-state index is 5.98. The van der Waals surface area contributed by atoms with Crippen molar-refractivity contribution in [2.45, 2.75) is 33.9 Å². The molecule has 0 fully saturated rings. The summed E-state index contributed by atoms with van der Waals surface area (Å²) in [6.45, 7) is 11.5. The molecule has 1 aromatic carbocycles. The van der Waals surface area contributed by atoms with E-state index >= 15 is 0 Å². The normalized spacial score (nSPS) is 14.2. The molecule has 0 aliphatic carbocycles. The van der Waals surface area contributed by atoms with Crippen LogP contribution in [0.2, 0.25) is 18.1 Å². The first-order chi connectivity index (χ1) is 9.68. The third-order valence-corrected chi connectivity index (χ3v) is 4.83. The molecule has 1 aromatic rings. The fourth-order valence-electron chi connectivity index (χ4n) is 1.68. The van der Waals surface area contributed by atoms with Gasteiger partial charge >= 0.3 is 0 Å². The predicted octanol–water partition coefficient (Wildman–Crippen LogP) is 5.93. The Morgan fingerprint density at radius 2 is 2.05 bits per heavy atom. The standard InChI is InChI=1S/C16H23ClIO2Si/c1-16(2,3)12(9-15(18)20-21(4)5)11-19-14-8-6-7-13(17)10-14/h6-10,12H,11H2,1-5H3/b15-9-. The first-order valence-electron chi connectivity index (χ1n) is 6.92. The highest BCUT2D eigenvalue weighted by Gasteiger charge is 2.24. The second-order valence-electron chi connectivity index (χ2n) is 6.22. The Hall–Kier alpha value is -0.203. The number of hydrogen-bond acceptors (Lipinski definition) is 2. The first kappa shape index (κ1) is 18.8. The zero-order chi connectivity index (χ0) is 16.0. The highest BCUT2D eigenvalue weighted by atomic mass is 127. The molecule has 2 nitrogen and oxygen atoms in total. The zero-order valence-corrected chi connectivity index (χ0v) is 17.2. The molecule has 0 bridgehead atoms. The molecule has 0 N–H and O–H groups in total. The van der Waals surface area contributed by atoms with Crippen LogP contribution in [-0.4, -0.2) is 15.6 Å². The Morgan fingerprint density at radius 3 is 2.57 bits per heavy atom. The topological polar surface area (TPSA) is 18.5 Å². The van der Waals surface area contributed by atoms with Crippen molar-refractivity contribution in [3.63, 3.8) is 0 Å². The second kappa shape index (κ2) is 8.43. The van der Waals surface area contributed by atoms with Crippen molar-refractivity contribution in [2.75, 3.05) is 6.61 Å². The Balaban J connectivity index is 2.76. The monoisotopic (exact) mass is 437 g/mol. The van der Waals surface area contributed by atoms with Crippen molar-refractivity contribution in [1.29, 1.82) is 0 Å². The molecule has 0 spiro atoms. The van der Waals surface area contributed by atoms with Gasteiger partial charge in [-0.3, -0.25) is 0 Å². The molecule has 0 aliphatic rings. The van der Waals surface area contributed by atoms with Crippen LogP contribution >= 0.6 is 34.2 Å². The van der Waals surface area contributed by atoms with Crippen LogP contribution in [0.4, 0.5) is 0 Å². The number of rotatable bonds is 6. The summed E-state index contributed by atoms with van der Waals surface area (Å²) in [6.07, 6.45) is 2.17. The Labute approximate surface area is 148 Å². The second-order valence-corrected chi connectivity index (χ2v) is 9.74. The van der Waals surface area contributed by atoms with Crippen molar-refractivity contribution in [3.05, 3.63) is 39.1 Å². The van der Waals surface area contributed by atoms with Gasteiger partial charge in [0, 0.05) is 10.9 Å². The van der Waals surface area contributed by atoms with Crippen molar-refractivity contribution in [1.82, 2.24) is 0 Å². The lowest BCUT2D eigenvalue weighted by molar-refractivity contribution is 0.181. The van der Waals surface area contributed by atoms with E-state index in [0.29, 0.717) is 11.6 Å². The lowest BCUT2D eigenvalue weighted by atomic mass is 9.81. The van der Waals surface area contributed by atoms with Crippen LogP contribution in [0.25, 0.3) is 0 Å². The summed E-state index contributed by atoms with van der Waals surface area (Å²) in [7, 11) is -0.730. The van der Waals surface area contributed by atoms with E-state index in [-0.39, 0.29) is 11.3 Å². The SMILES string of the molecule is C[Si](C)O/C(I)=C\C(COc1cccc(Cl)c1)C(C)(C)C. The van der Waals surface area contributed by atoms with Gasteiger partial charge in [0.25, 0.3) is 9.04 Å². The van der Waals surface area contributed by atoms with E-state index in [1.807, 2.05) is 24.3 Å². The molecule has 0 aromatic heterocycles. The third-order valence-electron chi connectivity index (χ3n) is 2.97. The van der Waals surface area contributed by atoms with Crippen LogP contribution in [0, 0.1) is 11.3 Å². The lowest BCUT2D eigenvalue weighted by Gasteiger charge is -2.28. The maximum absolute atomic E-state index is 5.98. The van der Waals surface area contributed by atoms with E-state index in [1.54, 1.807) is 0 Å². The minimum atomic E-state index is -0.730. The summed E-state index contributed by atoms with van der Waals surface area (Å²) in [5.41, 5.74) is 0.104. The van der Waals surface area contributed by atoms with Gasteiger partial charge in [0.2, 0.25) is 0 Å². The Morgan fingerprint density at radius 1 is 1.38 bits per heavy atom. The fraction of sp³-hybridized carbons (Fsp3) is 0.500. The van der Waals surface area contributed by atoms with Gasteiger partial charge in [-0.1, -0.05) is 38.4 Å². The smallest absolute Gasteiger partial charge is 0.274 e. The van der Waals surface area contributed by atoms with Crippen LogP contribution in [0.3, 0.4) is 0 Å². The number of benzene rings is 1. The van der Waals surface area contributed by atoms with Crippen molar-refractivity contribution < 1.29 is 9.16 Å². The molecule has 0 aliphatic heterocycles. The molecular formula is C16H23ClIO2Si. The Bertz CT molecular complexity index is 483. The summed E-state index contributed by atoms with van der Waals surface area (Å²) < 4.78 is 12.7. The minimum absolute atomic E-state index is 0.104.